The first kappa shape index (κ1) is 13.3. The fourth-order valence-corrected chi connectivity index (χ4v) is 2.17. The summed E-state index contributed by atoms with van der Waals surface area (Å²) in [5.41, 5.74) is 7.97. The summed E-state index contributed by atoms with van der Waals surface area (Å²) in [4.78, 5) is 16.4. The molecule has 3 aromatic rings. The summed E-state index contributed by atoms with van der Waals surface area (Å²) in [5, 5.41) is 14.8. The Morgan fingerprint density at radius 2 is 2.29 bits per heavy atom. The Morgan fingerprint density at radius 3 is 3.05 bits per heavy atom. The lowest BCUT2D eigenvalue weighted by atomic mass is 10.1. The molecule has 21 heavy (non-hydrogen) atoms. The maximum atomic E-state index is 12.0. The highest BCUT2D eigenvalue weighted by Crippen LogP contribution is 2.18. The monoisotopic (exact) mass is 285 g/mol. The van der Waals surface area contributed by atoms with Crippen LogP contribution in [0.3, 0.4) is 0 Å². The van der Waals surface area contributed by atoms with Crippen molar-refractivity contribution in [2.75, 3.05) is 5.32 Å². The molecule has 0 unspecified atom stereocenters. The number of fused-ring (bicyclic) bond motifs is 1. The number of aromatic amines is 1. The second-order valence-electron chi connectivity index (χ2n) is 4.76. The number of benzene rings is 1. The van der Waals surface area contributed by atoms with Gasteiger partial charge in [-0.2, -0.15) is 4.80 Å². The first-order valence-corrected chi connectivity index (χ1v) is 6.49. The van der Waals surface area contributed by atoms with Crippen LogP contribution < -0.4 is 11.1 Å². The summed E-state index contributed by atoms with van der Waals surface area (Å²) < 4.78 is 0. The fourth-order valence-electron chi connectivity index (χ4n) is 2.17. The van der Waals surface area contributed by atoms with E-state index in [4.69, 9.17) is 5.73 Å². The molecule has 0 fully saturated rings. The average Bonchev–Trinajstić information content (AvgIpc) is 3.06. The molecule has 108 valence electrons. The zero-order chi connectivity index (χ0) is 14.8. The van der Waals surface area contributed by atoms with Crippen molar-refractivity contribution < 1.29 is 4.79 Å². The van der Waals surface area contributed by atoms with Gasteiger partial charge in [0.25, 0.3) is 5.95 Å². The second-order valence-corrected chi connectivity index (χ2v) is 4.76. The quantitative estimate of drug-likeness (QED) is 0.633. The number of carbonyl (C=O) groups excluding carboxylic acids is 1. The molecule has 0 bridgehead atoms. The summed E-state index contributed by atoms with van der Waals surface area (Å²) in [7, 11) is 1.62. The van der Waals surface area contributed by atoms with Gasteiger partial charge in [0.1, 0.15) is 0 Å². The molecule has 1 atom stereocenters. The van der Waals surface area contributed by atoms with Gasteiger partial charge in [0.2, 0.25) is 5.91 Å². The minimum absolute atomic E-state index is 0.150. The van der Waals surface area contributed by atoms with Crippen molar-refractivity contribution in [2.24, 2.45) is 12.8 Å². The van der Waals surface area contributed by atoms with Crippen LogP contribution in [0.1, 0.15) is 5.56 Å². The number of nitrogens with two attached hydrogens (primary N) is 1. The van der Waals surface area contributed by atoms with Gasteiger partial charge in [-0.05, 0) is 23.3 Å². The summed E-state index contributed by atoms with van der Waals surface area (Å²) >= 11 is 0. The second kappa shape index (κ2) is 5.33. The largest absolute Gasteiger partial charge is 0.361 e. The molecular formula is C13H15N7O. The predicted molar refractivity (Wildman–Crippen MR) is 77.4 cm³/mol. The van der Waals surface area contributed by atoms with Crippen molar-refractivity contribution in [1.82, 2.24) is 25.2 Å². The number of hydrogen-bond donors (Lipinski definition) is 3. The number of amides is 1. The number of tetrazole rings is 1. The third-order valence-electron chi connectivity index (χ3n) is 3.19. The molecule has 0 aliphatic heterocycles. The minimum Gasteiger partial charge on any atom is -0.361 e. The zero-order valence-corrected chi connectivity index (χ0v) is 11.4. The number of aromatic nitrogens is 5. The molecule has 3 rings (SSSR count). The van der Waals surface area contributed by atoms with Crippen LogP contribution in [-0.2, 0) is 18.3 Å². The molecule has 8 heteroatoms. The van der Waals surface area contributed by atoms with Crippen LogP contribution in [0.4, 0.5) is 5.95 Å². The Kier molecular flexibility index (Phi) is 3.36. The highest BCUT2D eigenvalue weighted by molar-refractivity contribution is 5.94. The van der Waals surface area contributed by atoms with Gasteiger partial charge >= 0.3 is 0 Å². The predicted octanol–water partition coefficient (Wildman–Crippen LogP) is 0.200. The molecule has 0 saturated heterocycles. The maximum Gasteiger partial charge on any atom is 0.270 e. The lowest BCUT2D eigenvalue weighted by Gasteiger charge is -2.09. The highest BCUT2D eigenvalue weighted by Gasteiger charge is 2.17. The van der Waals surface area contributed by atoms with Crippen LogP contribution >= 0.6 is 0 Å². The summed E-state index contributed by atoms with van der Waals surface area (Å²) in [6.07, 6.45) is 2.30. The number of H-pyrrole nitrogens is 1. The van der Waals surface area contributed by atoms with Crippen LogP contribution in [0.15, 0.2) is 30.5 Å². The highest BCUT2D eigenvalue weighted by atomic mass is 16.2. The Balaban J connectivity index is 1.70. The van der Waals surface area contributed by atoms with Crippen molar-refractivity contribution in [2.45, 2.75) is 12.5 Å². The summed E-state index contributed by atoms with van der Waals surface area (Å²) in [6, 6.07) is 7.20. The first-order chi connectivity index (χ1) is 10.1. The number of nitrogens with one attached hydrogen (secondary N) is 2. The van der Waals surface area contributed by atoms with Crippen LogP contribution in [0, 0.1) is 0 Å². The Bertz CT molecular complexity index is 776. The van der Waals surface area contributed by atoms with E-state index in [1.807, 2.05) is 30.5 Å². The molecule has 0 aliphatic carbocycles. The van der Waals surface area contributed by atoms with E-state index in [1.165, 1.54) is 4.80 Å². The van der Waals surface area contributed by atoms with Crippen molar-refractivity contribution in [3.63, 3.8) is 0 Å². The maximum absolute atomic E-state index is 12.0. The van der Waals surface area contributed by atoms with E-state index >= 15 is 0 Å². The Labute approximate surface area is 120 Å². The van der Waals surface area contributed by atoms with Gasteiger partial charge in [0.05, 0.1) is 13.1 Å². The van der Waals surface area contributed by atoms with Gasteiger partial charge in [0.15, 0.2) is 0 Å². The number of aryl methyl sites for hydroxylation is 1. The number of para-hydroxylation sites is 1. The van der Waals surface area contributed by atoms with Gasteiger partial charge in [-0.25, -0.2) is 0 Å². The van der Waals surface area contributed by atoms with E-state index in [2.05, 4.69) is 25.7 Å². The van der Waals surface area contributed by atoms with Gasteiger partial charge in [-0.1, -0.05) is 23.3 Å². The molecule has 1 aromatic carbocycles. The topological polar surface area (TPSA) is 115 Å². The molecule has 4 N–H and O–H groups in total. The SMILES string of the molecule is Cn1nnc(NC(=O)[C@@H](N)Cc2c[nH]c3ccccc23)n1. The van der Waals surface area contributed by atoms with Crippen LogP contribution in [0.5, 0.6) is 0 Å². The molecule has 0 radical (unpaired) electrons. The van der Waals surface area contributed by atoms with Gasteiger partial charge in [0, 0.05) is 17.1 Å². The summed E-state index contributed by atoms with van der Waals surface area (Å²) in [6.45, 7) is 0. The van der Waals surface area contributed by atoms with E-state index in [0.717, 1.165) is 16.5 Å². The molecule has 0 aliphatic rings. The lowest BCUT2D eigenvalue weighted by Crippen LogP contribution is -2.37. The van der Waals surface area contributed by atoms with Crippen LogP contribution in [-0.4, -0.2) is 37.1 Å². The van der Waals surface area contributed by atoms with Crippen LogP contribution in [0.2, 0.25) is 0 Å². The third kappa shape index (κ3) is 2.75. The van der Waals surface area contributed by atoms with E-state index in [-0.39, 0.29) is 11.9 Å². The number of rotatable bonds is 4. The van der Waals surface area contributed by atoms with Crippen molar-refractivity contribution in [1.29, 1.82) is 0 Å². The van der Waals surface area contributed by atoms with Crippen molar-refractivity contribution in [3.05, 3.63) is 36.0 Å². The van der Waals surface area contributed by atoms with Crippen molar-refractivity contribution >= 4 is 22.8 Å². The molecule has 2 heterocycles. The molecule has 1 amide bonds. The standard InChI is InChI=1S/C13H15N7O/c1-20-18-13(17-19-20)16-12(21)10(14)6-8-7-15-11-5-3-2-4-9(8)11/h2-5,7,10,15H,6,14H2,1H3,(H,16,18,21)/t10-/m0/s1. The molecule has 0 spiro atoms. The van der Waals surface area contributed by atoms with Crippen molar-refractivity contribution in [3.8, 4) is 0 Å². The molecule has 2 aromatic heterocycles. The molecule has 8 nitrogen and oxygen atoms in total. The Morgan fingerprint density at radius 1 is 1.48 bits per heavy atom. The van der Waals surface area contributed by atoms with E-state index < -0.39 is 6.04 Å². The number of nitrogens with zero attached hydrogens (tertiary/aromatic N) is 4. The van der Waals surface area contributed by atoms with E-state index in [9.17, 15) is 4.79 Å². The number of hydrogen-bond acceptors (Lipinski definition) is 5. The average molecular weight is 285 g/mol. The Hall–Kier alpha value is -2.74. The van der Waals surface area contributed by atoms with Crippen LogP contribution in [0.25, 0.3) is 10.9 Å². The van der Waals surface area contributed by atoms with E-state index in [1.54, 1.807) is 7.05 Å². The van der Waals surface area contributed by atoms with Gasteiger partial charge in [-0.15, -0.1) is 5.10 Å². The normalized spacial score (nSPS) is 12.5. The first-order valence-electron chi connectivity index (χ1n) is 6.49. The molecular weight excluding hydrogens is 270 g/mol. The molecule has 0 saturated carbocycles. The number of carbonyl (C=O) groups is 1. The smallest absolute Gasteiger partial charge is 0.270 e. The lowest BCUT2D eigenvalue weighted by molar-refractivity contribution is -0.117. The third-order valence-corrected chi connectivity index (χ3v) is 3.19. The summed E-state index contributed by atoms with van der Waals surface area (Å²) in [5.74, 6) is -0.190. The fraction of sp³-hybridized carbons (Fsp3) is 0.231. The zero-order valence-electron chi connectivity index (χ0n) is 11.4. The minimum atomic E-state index is -0.687. The van der Waals surface area contributed by atoms with Gasteiger partial charge < -0.3 is 10.7 Å². The van der Waals surface area contributed by atoms with Gasteiger partial charge in [-0.3, -0.25) is 10.1 Å². The van der Waals surface area contributed by atoms with E-state index in [0.29, 0.717) is 6.42 Å². The number of anilines is 1.